The lowest BCUT2D eigenvalue weighted by atomic mass is 9.97. The van der Waals surface area contributed by atoms with E-state index in [1.54, 1.807) is 36.6 Å². The molecule has 0 radical (unpaired) electrons. The number of hydrogen-bond acceptors (Lipinski definition) is 5. The van der Waals surface area contributed by atoms with E-state index < -0.39 is 0 Å². The molecule has 0 unspecified atom stereocenters. The zero-order chi connectivity index (χ0) is 17.6. The topological polar surface area (TPSA) is 67.5 Å². The molecule has 0 saturated carbocycles. The molecule has 1 aromatic carbocycles. The first-order valence-electron chi connectivity index (χ1n) is 8.11. The quantitative estimate of drug-likeness (QED) is 0.462. The minimum absolute atomic E-state index is 0.0911. The molecule has 0 atom stereocenters. The Morgan fingerprint density at radius 3 is 2.96 bits per heavy atom. The number of phenolic OH excluding ortho intramolecular Hbond substituents is 1. The van der Waals surface area contributed by atoms with Crippen molar-refractivity contribution in [3.8, 4) is 5.75 Å². The maximum Gasteiger partial charge on any atom is 0.283 e. The number of nitrogens with zero attached hydrogens (tertiary/aromatic N) is 3. The number of fused-ring (bicyclic) bond motifs is 3. The van der Waals surface area contributed by atoms with Gasteiger partial charge < -0.3 is 5.11 Å². The summed E-state index contributed by atoms with van der Waals surface area (Å²) in [7, 11) is 0. The standard InChI is InChI=1S/C18H16IN3O2S/c1-10-21-17-16(12-4-2-3-5-15(12)25-17)18(24)22(10)20-9-11-6-7-14(23)13(19)8-11/h6-9,23H,2-5H2,1H3/b20-9-. The van der Waals surface area contributed by atoms with Crippen LogP contribution in [-0.4, -0.2) is 21.0 Å². The van der Waals surface area contributed by atoms with Crippen molar-refractivity contribution in [2.45, 2.75) is 32.6 Å². The highest BCUT2D eigenvalue weighted by molar-refractivity contribution is 14.1. The summed E-state index contributed by atoms with van der Waals surface area (Å²) in [5.74, 6) is 0.819. The van der Waals surface area contributed by atoms with Crippen molar-refractivity contribution in [2.24, 2.45) is 5.10 Å². The molecule has 128 valence electrons. The van der Waals surface area contributed by atoms with Crippen molar-refractivity contribution in [1.82, 2.24) is 9.66 Å². The number of hydrogen-bond donors (Lipinski definition) is 1. The van der Waals surface area contributed by atoms with Crippen molar-refractivity contribution in [2.75, 3.05) is 0 Å². The lowest BCUT2D eigenvalue weighted by Crippen LogP contribution is -2.21. The molecular weight excluding hydrogens is 449 g/mol. The van der Waals surface area contributed by atoms with Gasteiger partial charge in [-0.1, -0.05) is 0 Å². The molecule has 2 aromatic heterocycles. The third-order valence-electron chi connectivity index (χ3n) is 4.42. The normalized spacial score (nSPS) is 14.3. The van der Waals surface area contributed by atoms with Gasteiger partial charge in [-0.15, -0.1) is 11.3 Å². The predicted molar refractivity (Wildman–Crippen MR) is 109 cm³/mol. The Hall–Kier alpha value is -1.74. The van der Waals surface area contributed by atoms with Gasteiger partial charge in [0.1, 0.15) is 16.4 Å². The third-order valence-corrected chi connectivity index (χ3v) is 6.47. The number of halogens is 1. The van der Waals surface area contributed by atoms with Crippen LogP contribution in [0.3, 0.4) is 0 Å². The fraction of sp³-hybridized carbons (Fsp3) is 0.278. The molecule has 25 heavy (non-hydrogen) atoms. The molecule has 5 nitrogen and oxygen atoms in total. The lowest BCUT2D eigenvalue weighted by molar-refractivity contribution is 0.471. The summed E-state index contributed by atoms with van der Waals surface area (Å²) >= 11 is 3.71. The summed E-state index contributed by atoms with van der Waals surface area (Å²) in [6, 6.07) is 5.20. The van der Waals surface area contributed by atoms with E-state index in [-0.39, 0.29) is 11.3 Å². The van der Waals surface area contributed by atoms with E-state index in [0.717, 1.165) is 38.6 Å². The number of benzene rings is 1. The molecule has 0 fully saturated rings. The highest BCUT2D eigenvalue weighted by atomic mass is 127. The minimum Gasteiger partial charge on any atom is -0.507 e. The highest BCUT2D eigenvalue weighted by Gasteiger charge is 2.21. The summed E-state index contributed by atoms with van der Waals surface area (Å²) in [5.41, 5.74) is 1.90. The van der Waals surface area contributed by atoms with E-state index in [2.05, 4.69) is 32.7 Å². The maximum absolute atomic E-state index is 13.0. The van der Waals surface area contributed by atoms with Crippen LogP contribution < -0.4 is 5.56 Å². The van der Waals surface area contributed by atoms with Crippen molar-refractivity contribution in [3.63, 3.8) is 0 Å². The zero-order valence-corrected chi connectivity index (χ0v) is 16.6. The molecule has 0 saturated heterocycles. The molecule has 1 N–H and O–H groups in total. The molecular formula is C18H16IN3O2S. The first kappa shape index (κ1) is 16.7. The Bertz CT molecular complexity index is 1070. The van der Waals surface area contributed by atoms with Gasteiger partial charge in [0, 0.05) is 4.88 Å². The number of aryl methyl sites for hydroxylation is 3. The minimum atomic E-state index is -0.0911. The fourth-order valence-electron chi connectivity index (χ4n) is 3.16. The van der Waals surface area contributed by atoms with Gasteiger partial charge in [-0.3, -0.25) is 4.79 Å². The molecule has 3 aromatic rings. The number of aromatic hydroxyl groups is 1. The van der Waals surface area contributed by atoms with Crippen LogP contribution >= 0.6 is 33.9 Å². The zero-order valence-electron chi connectivity index (χ0n) is 13.6. The van der Waals surface area contributed by atoms with Crippen LogP contribution in [-0.2, 0) is 12.8 Å². The number of rotatable bonds is 2. The monoisotopic (exact) mass is 465 g/mol. The molecule has 1 aliphatic carbocycles. The van der Waals surface area contributed by atoms with Crippen molar-refractivity contribution in [1.29, 1.82) is 0 Å². The van der Waals surface area contributed by atoms with E-state index in [9.17, 15) is 9.90 Å². The van der Waals surface area contributed by atoms with E-state index >= 15 is 0 Å². The molecule has 0 aliphatic heterocycles. The first-order valence-corrected chi connectivity index (χ1v) is 10.0. The second-order valence-electron chi connectivity index (χ2n) is 6.12. The van der Waals surface area contributed by atoms with E-state index in [4.69, 9.17) is 0 Å². The smallest absolute Gasteiger partial charge is 0.283 e. The van der Waals surface area contributed by atoms with Gasteiger partial charge in [-0.2, -0.15) is 9.78 Å². The lowest BCUT2D eigenvalue weighted by Gasteiger charge is -2.10. The average molecular weight is 465 g/mol. The Kier molecular flexibility index (Phi) is 4.36. The van der Waals surface area contributed by atoms with Crippen LogP contribution in [0.4, 0.5) is 0 Å². The fourth-order valence-corrected chi connectivity index (χ4v) is 5.00. The predicted octanol–water partition coefficient (Wildman–Crippen LogP) is 3.84. The van der Waals surface area contributed by atoms with Gasteiger partial charge in [0.15, 0.2) is 0 Å². The van der Waals surface area contributed by atoms with Crippen LogP contribution in [0.5, 0.6) is 5.75 Å². The van der Waals surface area contributed by atoms with Crippen LogP contribution in [0, 0.1) is 10.5 Å². The maximum atomic E-state index is 13.0. The van der Waals surface area contributed by atoms with Crippen molar-refractivity contribution in [3.05, 3.63) is 54.0 Å². The second-order valence-corrected chi connectivity index (χ2v) is 8.37. The molecule has 0 bridgehead atoms. The Labute approximate surface area is 162 Å². The van der Waals surface area contributed by atoms with Crippen LogP contribution in [0.25, 0.3) is 10.2 Å². The summed E-state index contributed by atoms with van der Waals surface area (Å²) in [6.07, 6.45) is 5.94. The molecule has 1 aliphatic rings. The second kappa shape index (κ2) is 6.53. The van der Waals surface area contributed by atoms with E-state index in [0.29, 0.717) is 5.82 Å². The summed E-state index contributed by atoms with van der Waals surface area (Å²) in [4.78, 5) is 19.7. The summed E-state index contributed by atoms with van der Waals surface area (Å²) in [6.45, 7) is 1.80. The average Bonchev–Trinajstić information content (AvgIpc) is 2.95. The SMILES string of the molecule is Cc1nc2sc3c(c2c(=O)n1/N=C\c1ccc(O)c(I)c1)CCCC3. The van der Waals surface area contributed by atoms with Gasteiger partial charge in [0.05, 0.1) is 15.2 Å². The van der Waals surface area contributed by atoms with Gasteiger partial charge in [0.25, 0.3) is 5.56 Å². The summed E-state index contributed by atoms with van der Waals surface area (Å²) < 4.78 is 2.12. The van der Waals surface area contributed by atoms with Crippen LogP contribution in [0.1, 0.15) is 34.7 Å². The largest absolute Gasteiger partial charge is 0.507 e. The highest BCUT2D eigenvalue weighted by Crippen LogP contribution is 2.33. The molecule has 7 heteroatoms. The van der Waals surface area contributed by atoms with Gasteiger partial charge in [0.2, 0.25) is 0 Å². The third kappa shape index (κ3) is 2.99. The molecule has 0 amide bonds. The Morgan fingerprint density at radius 1 is 1.36 bits per heavy atom. The Morgan fingerprint density at radius 2 is 2.16 bits per heavy atom. The number of phenols is 1. The van der Waals surface area contributed by atoms with Crippen LogP contribution in [0.2, 0.25) is 0 Å². The number of aromatic nitrogens is 2. The first-order chi connectivity index (χ1) is 12.0. The molecule has 0 spiro atoms. The molecule has 4 rings (SSSR count). The van der Waals surface area contributed by atoms with E-state index in [1.165, 1.54) is 21.5 Å². The Balaban J connectivity index is 1.82. The van der Waals surface area contributed by atoms with Gasteiger partial charge >= 0.3 is 0 Å². The molecule has 2 heterocycles. The van der Waals surface area contributed by atoms with Crippen molar-refractivity contribution >= 4 is 50.4 Å². The van der Waals surface area contributed by atoms with Crippen LogP contribution in [0.15, 0.2) is 28.1 Å². The van der Waals surface area contributed by atoms with Gasteiger partial charge in [-0.25, -0.2) is 4.98 Å². The van der Waals surface area contributed by atoms with Crippen molar-refractivity contribution < 1.29 is 5.11 Å². The van der Waals surface area contributed by atoms with Gasteiger partial charge in [-0.05, 0) is 84.5 Å². The number of thiophene rings is 1. The summed E-state index contributed by atoms with van der Waals surface area (Å²) in [5, 5.41) is 14.7. The van der Waals surface area contributed by atoms with E-state index in [1.807, 2.05) is 6.07 Å².